The van der Waals surface area contributed by atoms with Gasteiger partial charge in [-0.15, -0.1) is 0 Å². The molecule has 0 aliphatic heterocycles. The number of amides is 1. The predicted molar refractivity (Wildman–Crippen MR) is 79.5 cm³/mol. The average molecular weight is 253 g/mol. The van der Waals surface area contributed by atoms with E-state index in [1.807, 2.05) is 6.92 Å². The van der Waals surface area contributed by atoms with Gasteiger partial charge >= 0.3 is 0 Å². The van der Waals surface area contributed by atoms with Gasteiger partial charge in [0.25, 0.3) is 0 Å². The van der Waals surface area contributed by atoms with E-state index in [1.165, 1.54) is 12.0 Å². The Balaban J connectivity index is 3.90. The lowest BCUT2D eigenvalue weighted by molar-refractivity contribution is -0.124. The topological polar surface area (TPSA) is 29.1 Å². The second-order valence-corrected chi connectivity index (χ2v) is 5.87. The molecule has 0 aromatic carbocycles. The predicted octanol–water partition coefficient (Wildman–Crippen LogP) is 4.17. The summed E-state index contributed by atoms with van der Waals surface area (Å²) in [6.45, 7) is 13.6. The fourth-order valence-corrected chi connectivity index (χ4v) is 1.74. The number of carbonyl (C=O) groups is 1. The summed E-state index contributed by atoms with van der Waals surface area (Å²) in [6.07, 6.45) is 5.55. The molecule has 0 fully saturated rings. The van der Waals surface area contributed by atoms with E-state index in [0.29, 0.717) is 11.8 Å². The molecule has 3 atom stereocenters. The summed E-state index contributed by atoms with van der Waals surface area (Å²) in [5.41, 5.74) is 1.39. The molecule has 106 valence electrons. The fraction of sp³-hybridized carbons (Fsp3) is 0.812. The SMILES string of the molecule is CCC(C)C(=O)NCC(C)C(C)CCC=C(C)C. The van der Waals surface area contributed by atoms with Gasteiger partial charge in [0.05, 0.1) is 0 Å². The van der Waals surface area contributed by atoms with Crippen molar-refractivity contribution in [1.29, 1.82) is 0 Å². The number of hydrogen-bond acceptors (Lipinski definition) is 1. The zero-order valence-corrected chi connectivity index (χ0v) is 13.0. The molecular weight excluding hydrogens is 222 g/mol. The molecular formula is C16H31NO. The molecule has 1 N–H and O–H groups in total. The number of hydrogen-bond donors (Lipinski definition) is 1. The van der Waals surface area contributed by atoms with Crippen LogP contribution in [0.5, 0.6) is 0 Å². The minimum atomic E-state index is 0.137. The van der Waals surface area contributed by atoms with Gasteiger partial charge in [0.15, 0.2) is 0 Å². The van der Waals surface area contributed by atoms with Crippen LogP contribution in [0.4, 0.5) is 0 Å². The lowest BCUT2D eigenvalue weighted by Crippen LogP contribution is -2.34. The number of allylic oxidation sites excluding steroid dienone is 2. The van der Waals surface area contributed by atoms with Crippen LogP contribution in [0.3, 0.4) is 0 Å². The van der Waals surface area contributed by atoms with E-state index >= 15 is 0 Å². The highest BCUT2D eigenvalue weighted by atomic mass is 16.1. The van der Waals surface area contributed by atoms with Gasteiger partial charge in [0.2, 0.25) is 5.91 Å². The summed E-state index contributed by atoms with van der Waals surface area (Å²) in [5.74, 6) is 1.53. The Morgan fingerprint density at radius 2 is 1.78 bits per heavy atom. The fourth-order valence-electron chi connectivity index (χ4n) is 1.74. The largest absolute Gasteiger partial charge is 0.356 e. The maximum absolute atomic E-state index is 11.7. The van der Waals surface area contributed by atoms with Crippen molar-refractivity contribution in [2.75, 3.05) is 6.54 Å². The minimum Gasteiger partial charge on any atom is -0.356 e. The molecule has 0 radical (unpaired) electrons. The van der Waals surface area contributed by atoms with Gasteiger partial charge < -0.3 is 5.32 Å². The van der Waals surface area contributed by atoms with E-state index in [2.05, 4.69) is 46.0 Å². The Hall–Kier alpha value is -0.790. The van der Waals surface area contributed by atoms with Crippen LogP contribution in [0.15, 0.2) is 11.6 Å². The summed E-state index contributed by atoms with van der Waals surface area (Å²) in [6, 6.07) is 0. The molecule has 0 aromatic heterocycles. The van der Waals surface area contributed by atoms with Crippen LogP contribution in [0, 0.1) is 17.8 Å². The van der Waals surface area contributed by atoms with Gasteiger partial charge in [0, 0.05) is 12.5 Å². The van der Waals surface area contributed by atoms with Crippen molar-refractivity contribution in [3.63, 3.8) is 0 Å². The smallest absolute Gasteiger partial charge is 0.222 e. The monoisotopic (exact) mass is 253 g/mol. The first kappa shape index (κ1) is 17.2. The summed E-state index contributed by atoms with van der Waals surface area (Å²) < 4.78 is 0. The van der Waals surface area contributed by atoms with Crippen LogP contribution in [0.25, 0.3) is 0 Å². The van der Waals surface area contributed by atoms with E-state index in [4.69, 9.17) is 0 Å². The summed E-state index contributed by atoms with van der Waals surface area (Å²) in [5, 5.41) is 3.06. The number of rotatable bonds is 8. The van der Waals surface area contributed by atoms with Crippen molar-refractivity contribution >= 4 is 5.91 Å². The van der Waals surface area contributed by atoms with Gasteiger partial charge in [-0.1, -0.05) is 39.3 Å². The molecule has 18 heavy (non-hydrogen) atoms. The second-order valence-electron chi connectivity index (χ2n) is 5.87. The Bertz CT molecular complexity index is 266. The highest BCUT2D eigenvalue weighted by molar-refractivity contribution is 5.78. The maximum Gasteiger partial charge on any atom is 0.222 e. The molecule has 1 amide bonds. The standard InChI is InChI=1S/C16H31NO/c1-7-13(4)16(18)17-11-15(6)14(5)10-8-9-12(2)3/h9,13-15H,7-8,10-11H2,1-6H3,(H,17,18). The first-order valence-corrected chi connectivity index (χ1v) is 7.29. The van der Waals surface area contributed by atoms with E-state index in [0.717, 1.165) is 19.4 Å². The lowest BCUT2D eigenvalue weighted by Gasteiger charge is -2.21. The highest BCUT2D eigenvalue weighted by Gasteiger charge is 2.15. The summed E-state index contributed by atoms with van der Waals surface area (Å²) in [4.78, 5) is 11.7. The Morgan fingerprint density at radius 3 is 2.28 bits per heavy atom. The summed E-state index contributed by atoms with van der Waals surface area (Å²) >= 11 is 0. The molecule has 3 unspecified atom stereocenters. The molecule has 0 bridgehead atoms. The third kappa shape index (κ3) is 7.52. The zero-order valence-electron chi connectivity index (χ0n) is 13.0. The van der Waals surface area contributed by atoms with E-state index < -0.39 is 0 Å². The van der Waals surface area contributed by atoms with Crippen molar-refractivity contribution in [2.45, 2.75) is 60.8 Å². The van der Waals surface area contributed by atoms with Gasteiger partial charge in [-0.25, -0.2) is 0 Å². The van der Waals surface area contributed by atoms with Crippen LogP contribution in [0.1, 0.15) is 60.8 Å². The minimum absolute atomic E-state index is 0.137. The van der Waals surface area contributed by atoms with Crippen molar-refractivity contribution in [3.8, 4) is 0 Å². The molecule has 0 aliphatic carbocycles. The van der Waals surface area contributed by atoms with E-state index in [9.17, 15) is 4.79 Å². The second kappa shape index (κ2) is 9.18. The first-order valence-electron chi connectivity index (χ1n) is 7.29. The van der Waals surface area contributed by atoms with Crippen LogP contribution >= 0.6 is 0 Å². The quantitative estimate of drug-likeness (QED) is 0.646. The molecule has 0 heterocycles. The maximum atomic E-state index is 11.7. The normalized spacial score (nSPS) is 15.7. The highest BCUT2D eigenvalue weighted by Crippen LogP contribution is 2.17. The molecule has 0 saturated heterocycles. The van der Waals surface area contributed by atoms with Gasteiger partial charge in [-0.3, -0.25) is 4.79 Å². The Morgan fingerprint density at radius 1 is 1.17 bits per heavy atom. The Labute approximate surface area is 113 Å². The van der Waals surface area contributed by atoms with Crippen molar-refractivity contribution in [3.05, 3.63) is 11.6 Å². The number of carbonyl (C=O) groups excluding carboxylic acids is 1. The lowest BCUT2D eigenvalue weighted by atomic mass is 9.91. The zero-order chi connectivity index (χ0) is 14.1. The molecule has 0 spiro atoms. The van der Waals surface area contributed by atoms with Crippen molar-refractivity contribution < 1.29 is 4.79 Å². The third-order valence-corrected chi connectivity index (χ3v) is 3.80. The molecule has 0 rings (SSSR count). The first-order chi connectivity index (χ1) is 8.38. The number of nitrogens with one attached hydrogen (secondary N) is 1. The van der Waals surface area contributed by atoms with Crippen molar-refractivity contribution in [1.82, 2.24) is 5.32 Å². The Kier molecular flexibility index (Phi) is 8.78. The van der Waals surface area contributed by atoms with E-state index in [-0.39, 0.29) is 11.8 Å². The van der Waals surface area contributed by atoms with Crippen molar-refractivity contribution in [2.24, 2.45) is 17.8 Å². The molecule has 2 nitrogen and oxygen atoms in total. The molecule has 0 aliphatic rings. The summed E-state index contributed by atoms with van der Waals surface area (Å²) in [7, 11) is 0. The molecule has 0 saturated carbocycles. The van der Waals surface area contributed by atoms with Crippen LogP contribution in [-0.4, -0.2) is 12.5 Å². The molecule has 0 aromatic rings. The van der Waals surface area contributed by atoms with Gasteiger partial charge in [0.1, 0.15) is 0 Å². The van der Waals surface area contributed by atoms with E-state index in [1.54, 1.807) is 0 Å². The van der Waals surface area contributed by atoms with Crippen LogP contribution in [0.2, 0.25) is 0 Å². The average Bonchev–Trinajstić information content (AvgIpc) is 2.33. The van der Waals surface area contributed by atoms with Gasteiger partial charge in [-0.2, -0.15) is 0 Å². The van der Waals surface area contributed by atoms with Crippen LogP contribution in [-0.2, 0) is 4.79 Å². The van der Waals surface area contributed by atoms with Crippen LogP contribution < -0.4 is 5.32 Å². The van der Waals surface area contributed by atoms with Gasteiger partial charge in [-0.05, 0) is 44.9 Å². The molecule has 2 heteroatoms. The third-order valence-electron chi connectivity index (χ3n) is 3.80.